The molecule has 0 saturated carbocycles. The standard InChI is InChI=1S/C53H98O14/c1-3-5-7-9-11-13-15-17-18-19-20-21-22-23-25-27-29-31-33-35-37-62-39-42(65-45(55)36-34-32-30-28-26-24-16-14-12-10-8-6-4-2)40-63-52-51(61)49(59)47(57)44(67-52)41-64-53-50(60)48(58)46(56)43(38-54)66-53/h8,10,14,16,42-44,46-54,56-61H,3-7,9,11-13,15,17-41H2,1-2H3/b10-8-,16-14-. The summed E-state index contributed by atoms with van der Waals surface area (Å²) in [6.07, 6.45) is 28.2. The van der Waals surface area contributed by atoms with E-state index in [1.807, 2.05) is 0 Å². The highest BCUT2D eigenvalue weighted by atomic mass is 16.7. The van der Waals surface area contributed by atoms with Gasteiger partial charge in [-0.2, -0.15) is 0 Å². The van der Waals surface area contributed by atoms with Crippen molar-refractivity contribution in [3.63, 3.8) is 0 Å². The van der Waals surface area contributed by atoms with E-state index in [4.69, 9.17) is 28.4 Å². The van der Waals surface area contributed by atoms with Gasteiger partial charge in [0.05, 0.1) is 26.4 Å². The van der Waals surface area contributed by atoms with Gasteiger partial charge in [-0.3, -0.25) is 4.79 Å². The highest BCUT2D eigenvalue weighted by Crippen LogP contribution is 2.26. The van der Waals surface area contributed by atoms with Crippen LogP contribution in [0.1, 0.15) is 206 Å². The Kier molecular flexibility index (Phi) is 37.8. The van der Waals surface area contributed by atoms with E-state index in [2.05, 4.69) is 38.2 Å². The first-order chi connectivity index (χ1) is 32.6. The Hall–Kier alpha value is -1.53. The number of carbonyl (C=O) groups excluding carboxylic acids is 1. The number of aliphatic hydroxyl groups excluding tert-OH is 7. The largest absolute Gasteiger partial charge is 0.457 e. The van der Waals surface area contributed by atoms with Crippen molar-refractivity contribution in [1.82, 2.24) is 0 Å². The molecule has 14 nitrogen and oxygen atoms in total. The van der Waals surface area contributed by atoms with Gasteiger partial charge in [0.1, 0.15) is 54.9 Å². The number of hydrogen-bond acceptors (Lipinski definition) is 14. The fourth-order valence-corrected chi connectivity index (χ4v) is 8.56. The molecular formula is C53H98O14. The van der Waals surface area contributed by atoms with Crippen molar-refractivity contribution in [2.24, 2.45) is 0 Å². The number of allylic oxidation sites excluding steroid dienone is 4. The second-order valence-electron chi connectivity index (χ2n) is 19.1. The van der Waals surface area contributed by atoms with Crippen LogP contribution in [0.25, 0.3) is 0 Å². The SMILES string of the molecule is CCC/C=C\C/C=C\CCCCCCCC(=O)OC(COCCCCCCCCCCCCCCCCCCCCCC)COC1OC(COC2OC(CO)C(O)C(O)C2O)C(O)C(O)C1O. The van der Waals surface area contributed by atoms with Crippen molar-refractivity contribution in [1.29, 1.82) is 0 Å². The predicted octanol–water partition coefficient (Wildman–Crippen LogP) is 8.41. The van der Waals surface area contributed by atoms with Gasteiger partial charge >= 0.3 is 5.97 Å². The van der Waals surface area contributed by atoms with Crippen molar-refractivity contribution < 1.29 is 69.0 Å². The summed E-state index contributed by atoms with van der Waals surface area (Å²) in [7, 11) is 0. The van der Waals surface area contributed by atoms with Crippen molar-refractivity contribution >= 4 is 5.97 Å². The van der Waals surface area contributed by atoms with E-state index in [1.54, 1.807) is 0 Å². The number of esters is 1. The van der Waals surface area contributed by atoms with E-state index >= 15 is 0 Å². The third-order valence-corrected chi connectivity index (χ3v) is 12.9. The van der Waals surface area contributed by atoms with E-state index in [9.17, 15) is 40.5 Å². The van der Waals surface area contributed by atoms with Crippen LogP contribution in [0.4, 0.5) is 0 Å². The summed E-state index contributed by atoms with van der Waals surface area (Å²) in [6, 6.07) is 0. The van der Waals surface area contributed by atoms with Crippen LogP contribution < -0.4 is 0 Å². The number of ether oxygens (including phenoxy) is 6. The molecule has 2 aliphatic heterocycles. The van der Waals surface area contributed by atoms with Gasteiger partial charge < -0.3 is 64.2 Å². The number of hydrogen-bond donors (Lipinski definition) is 7. The monoisotopic (exact) mass is 959 g/mol. The molecule has 2 rings (SSSR count). The molecule has 0 radical (unpaired) electrons. The average Bonchev–Trinajstić information content (AvgIpc) is 3.32. The molecule has 2 aliphatic rings. The number of aliphatic hydroxyl groups is 7. The molecule has 2 heterocycles. The molecule has 0 amide bonds. The summed E-state index contributed by atoms with van der Waals surface area (Å²) in [4.78, 5) is 13.0. The minimum Gasteiger partial charge on any atom is -0.457 e. The van der Waals surface area contributed by atoms with Crippen LogP contribution in [0.5, 0.6) is 0 Å². The molecule has 0 aromatic carbocycles. The fraction of sp³-hybridized carbons (Fsp3) is 0.906. The van der Waals surface area contributed by atoms with Gasteiger partial charge in [0.2, 0.25) is 0 Å². The van der Waals surface area contributed by atoms with E-state index in [0.29, 0.717) is 13.0 Å². The lowest BCUT2D eigenvalue weighted by Gasteiger charge is -2.42. The molecule has 2 fully saturated rings. The predicted molar refractivity (Wildman–Crippen MR) is 261 cm³/mol. The highest BCUT2D eigenvalue weighted by molar-refractivity contribution is 5.69. The Morgan fingerprint density at radius 1 is 0.493 bits per heavy atom. The molecule has 0 bridgehead atoms. The minimum atomic E-state index is -1.71. The molecule has 0 aliphatic carbocycles. The topological polar surface area (TPSA) is 214 Å². The first kappa shape index (κ1) is 61.6. The summed E-state index contributed by atoms with van der Waals surface area (Å²) < 4.78 is 34.3. The Labute approximate surface area is 405 Å². The van der Waals surface area contributed by atoms with Crippen molar-refractivity contribution in [3.05, 3.63) is 24.3 Å². The number of unbranched alkanes of at least 4 members (excludes halogenated alkanes) is 25. The van der Waals surface area contributed by atoms with Crippen LogP contribution in [0.15, 0.2) is 24.3 Å². The average molecular weight is 959 g/mol. The second kappa shape index (κ2) is 41.1. The van der Waals surface area contributed by atoms with Crippen LogP contribution in [-0.4, -0.2) is 142 Å². The first-order valence-electron chi connectivity index (χ1n) is 26.9. The van der Waals surface area contributed by atoms with Gasteiger partial charge in [-0.05, 0) is 38.5 Å². The Morgan fingerprint density at radius 2 is 0.955 bits per heavy atom. The second-order valence-corrected chi connectivity index (χ2v) is 19.1. The van der Waals surface area contributed by atoms with Crippen molar-refractivity contribution in [2.75, 3.05) is 33.0 Å². The smallest absolute Gasteiger partial charge is 0.306 e. The molecule has 2 saturated heterocycles. The highest BCUT2D eigenvalue weighted by Gasteiger charge is 2.47. The summed E-state index contributed by atoms with van der Waals surface area (Å²) in [5.74, 6) is -0.388. The maximum Gasteiger partial charge on any atom is 0.306 e. The zero-order valence-corrected chi connectivity index (χ0v) is 41.9. The van der Waals surface area contributed by atoms with Crippen molar-refractivity contribution in [3.8, 4) is 0 Å². The Bertz CT molecular complexity index is 1200. The maximum absolute atomic E-state index is 13.0. The van der Waals surface area contributed by atoms with Crippen LogP contribution in [0.2, 0.25) is 0 Å². The van der Waals surface area contributed by atoms with Gasteiger partial charge in [-0.15, -0.1) is 0 Å². The van der Waals surface area contributed by atoms with E-state index in [-0.39, 0.29) is 25.6 Å². The van der Waals surface area contributed by atoms with E-state index < -0.39 is 80.7 Å². The molecule has 14 heteroatoms. The van der Waals surface area contributed by atoms with Crippen LogP contribution in [0, 0.1) is 0 Å². The lowest BCUT2D eigenvalue weighted by atomic mass is 9.98. The van der Waals surface area contributed by atoms with Gasteiger partial charge in [0, 0.05) is 13.0 Å². The zero-order valence-electron chi connectivity index (χ0n) is 41.9. The minimum absolute atomic E-state index is 0.0599. The molecule has 0 aromatic rings. The summed E-state index contributed by atoms with van der Waals surface area (Å²) in [5.41, 5.74) is 0. The van der Waals surface area contributed by atoms with Crippen LogP contribution in [0.3, 0.4) is 0 Å². The van der Waals surface area contributed by atoms with Gasteiger partial charge in [-0.25, -0.2) is 0 Å². The third kappa shape index (κ3) is 28.8. The molecule has 67 heavy (non-hydrogen) atoms. The van der Waals surface area contributed by atoms with Gasteiger partial charge in [-0.1, -0.05) is 186 Å². The van der Waals surface area contributed by atoms with Gasteiger partial charge in [0.25, 0.3) is 0 Å². The molecule has 11 atom stereocenters. The third-order valence-electron chi connectivity index (χ3n) is 12.9. The zero-order chi connectivity index (χ0) is 48.7. The molecule has 7 N–H and O–H groups in total. The lowest BCUT2D eigenvalue weighted by molar-refractivity contribution is -0.332. The normalized spacial score (nSPS) is 26.2. The molecule has 11 unspecified atom stereocenters. The Balaban J connectivity index is 1.73. The number of carbonyl (C=O) groups is 1. The first-order valence-corrected chi connectivity index (χ1v) is 26.9. The van der Waals surface area contributed by atoms with Crippen molar-refractivity contribution in [2.45, 2.75) is 274 Å². The fourth-order valence-electron chi connectivity index (χ4n) is 8.56. The summed E-state index contributed by atoms with van der Waals surface area (Å²) in [6.45, 7) is 3.63. The molecular weight excluding hydrogens is 861 g/mol. The van der Waals surface area contributed by atoms with E-state index in [1.165, 1.54) is 116 Å². The maximum atomic E-state index is 13.0. The Morgan fingerprint density at radius 3 is 1.49 bits per heavy atom. The number of rotatable bonds is 43. The molecule has 0 spiro atoms. The molecule has 0 aromatic heterocycles. The molecule has 394 valence electrons. The van der Waals surface area contributed by atoms with E-state index in [0.717, 1.165) is 64.2 Å². The van der Waals surface area contributed by atoms with Crippen LogP contribution in [-0.2, 0) is 33.2 Å². The van der Waals surface area contributed by atoms with Crippen LogP contribution >= 0.6 is 0 Å². The van der Waals surface area contributed by atoms with Gasteiger partial charge in [0.15, 0.2) is 12.6 Å². The quantitative estimate of drug-likeness (QED) is 0.0174. The lowest BCUT2D eigenvalue weighted by Crippen LogP contribution is -2.61. The summed E-state index contributed by atoms with van der Waals surface area (Å²) >= 11 is 0. The summed E-state index contributed by atoms with van der Waals surface area (Å²) in [5, 5.41) is 72.1.